The van der Waals surface area contributed by atoms with Crippen LogP contribution >= 0.6 is 0 Å². The number of hydrogen-bond donors (Lipinski definition) is 0. The minimum Gasteiger partial charge on any atom is -0.333 e. The van der Waals surface area contributed by atoms with E-state index in [9.17, 15) is 9.59 Å². The number of piperidine rings is 1. The normalized spacial score (nSPS) is 22.4. The average molecular weight is 226 g/mol. The summed E-state index contributed by atoms with van der Waals surface area (Å²) < 4.78 is 0. The van der Waals surface area contributed by atoms with Gasteiger partial charge < -0.3 is 4.90 Å². The standard InChI is InChI=1S/C11H18N2O3/c14-10-5-1-2-6-12(10)9-11(15)13-7-3-4-8-16-13/h1-9H2. The van der Waals surface area contributed by atoms with Crippen LogP contribution in [0.4, 0.5) is 0 Å². The van der Waals surface area contributed by atoms with Crippen LogP contribution in [0, 0.1) is 0 Å². The first-order valence-electron chi connectivity index (χ1n) is 5.98. The first-order valence-corrected chi connectivity index (χ1v) is 5.98. The maximum atomic E-state index is 11.8. The van der Waals surface area contributed by atoms with Crippen molar-refractivity contribution in [1.82, 2.24) is 9.96 Å². The zero-order valence-corrected chi connectivity index (χ0v) is 9.48. The zero-order valence-electron chi connectivity index (χ0n) is 9.48. The Hall–Kier alpha value is -1.10. The first kappa shape index (κ1) is 11.4. The largest absolute Gasteiger partial charge is 0.333 e. The van der Waals surface area contributed by atoms with Crippen LogP contribution in [-0.2, 0) is 14.4 Å². The molecule has 0 radical (unpaired) electrons. The molecule has 2 fully saturated rings. The third-order valence-corrected chi connectivity index (χ3v) is 3.03. The number of carbonyl (C=O) groups excluding carboxylic acids is 2. The van der Waals surface area contributed by atoms with Gasteiger partial charge in [-0.05, 0) is 25.7 Å². The smallest absolute Gasteiger partial charge is 0.265 e. The molecule has 0 saturated carbocycles. The second-order valence-electron chi connectivity index (χ2n) is 4.31. The number of rotatable bonds is 2. The minimum absolute atomic E-state index is 0.0880. The summed E-state index contributed by atoms with van der Waals surface area (Å²) in [7, 11) is 0. The highest BCUT2D eigenvalue weighted by atomic mass is 16.7. The Morgan fingerprint density at radius 1 is 1.19 bits per heavy atom. The van der Waals surface area contributed by atoms with Crippen LogP contribution in [0.15, 0.2) is 0 Å². The molecule has 2 amide bonds. The van der Waals surface area contributed by atoms with Gasteiger partial charge in [-0.15, -0.1) is 0 Å². The molecule has 2 saturated heterocycles. The Kier molecular flexibility index (Phi) is 3.77. The molecule has 0 aromatic heterocycles. The number of hydrogen-bond acceptors (Lipinski definition) is 3. The third-order valence-electron chi connectivity index (χ3n) is 3.03. The minimum atomic E-state index is -0.0880. The lowest BCUT2D eigenvalue weighted by Crippen LogP contribution is -2.46. The molecule has 0 spiro atoms. The van der Waals surface area contributed by atoms with E-state index in [1.54, 1.807) is 4.90 Å². The number of nitrogens with zero attached hydrogens (tertiary/aromatic N) is 2. The van der Waals surface area contributed by atoms with Crippen molar-refractivity contribution < 1.29 is 14.4 Å². The van der Waals surface area contributed by atoms with Gasteiger partial charge in [0, 0.05) is 19.5 Å². The van der Waals surface area contributed by atoms with E-state index in [2.05, 4.69) is 0 Å². The van der Waals surface area contributed by atoms with Crippen molar-refractivity contribution in [2.75, 3.05) is 26.2 Å². The molecule has 2 aliphatic heterocycles. The number of likely N-dealkylation sites (tertiary alicyclic amines) is 1. The van der Waals surface area contributed by atoms with Crippen molar-refractivity contribution in [1.29, 1.82) is 0 Å². The Balaban J connectivity index is 1.83. The highest BCUT2D eigenvalue weighted by molar-refractivity contribution is 5.84. The SMILES string of the molecule is O=C1CCCCN1CC(=O)N1CCCCO1. The van der Waals surface area contributed by atoms with Gasteiger partial charge in [-0.25, -0.2) is 5.06 Å². The summed E-state index contributed by atoms with van der Waals surface area (Å²) in [6.45, 7) is 2.15. The molecular weight excluding hydrogens is 208 g/mol. The van der Waals surface area contributed by atoms with Crippen LogP contribution in [-0.4, -0.2) is 48.0 Å². The highest BCUT2D eigenvalue weighted by Crippen LogP contribution is 2.12. The summed E-state index contributed by atoms with van der Waals surface area (Å²) in [6, 6.07) is 0. The van der Waals surface area contributed by atoms with E-state index in [0.717, 1.165) is 25.7 Å². The lowest BCUT2D eigenvalue weighted by atomic mass is 10.1. The highest BCUT2D eigenvalue weighted by Gasteiger charge is 2.24. The van der Waals surface area contributed by atoms with E-state index in [4.69, 9.17) is 4.84 Å². The first-order chi connectivity index (χ1) is 7.77. The molecule has 0 bridgehead atoms. The van der Waals surface area contributed by atoms with E-state index in [-0.39, 0.29) is 18.4 Å². The van der Waals surface area contributed by atoms with Crippen molar-refractivity contribution in [2.45, 2.75) is 32.1 Å². The Morgan fingerprint density at radius 2 is 2.00 bits per heavy atom. The topological polar surface area (TPSA) is 49.9 Å². The monoisotopic (exact) mass is 226 g/mol. The lowest BCUT2D eigenvalue weighted by Gasteiger charge is -2.30. The zero-order chi connectivity index (χ0) is 11.4. The molecule has 0 aliphatic carbocycles. The van der Waals surface area contributed by atoms with Gasteiger partial charge in [-0.1, -0.05) is 0 Å². The molecule has 2 rings (SSSR count). The lowest BCUT2D eigenvalue weighted by molar-refractivity contribution is -0.198. The second kappa shape index (κ2) is 5.30. The van der Waals surface area contributed by atoms with E-state index < -0.39 is 0 Å². The van der Waals surface area contributed by atoms with Crippen molar-refractivity contribution >= 4 is 11.8 Å². The van der Waals surface area contributed by atoms with E-state index in [0.29, 0.717) is 26.1 Å². The molecule has 0 aromatic carbocycles. The van der Waals surface area contributed by atoms with Gasteiger partial charge in [0.2, 0.25) is 5.91 Å². The van der Waals surface area contributed by atoms with Crippen LogP contribution in [0.5, 0.6) is 0 Å². The summed E-state index contributed by atoms with van der Waals surface area (Å²) >= 11 is 0. The van der Waals surface area contributed by atoms with Gasteiger partial charge in [0.1, 0.15) is 6.54 Å². The summed E-state index contributed by atoms with van der Waals surface area (Å²) in [5.74, 6) is 0.00607. The van der Waals surface area contributed by atoms with Crippen LogP contribution in [0.1, 0.15) is 32.1 Å². The molecule has 0 atom stereocenters. The van der Waals surface area contributed by atoms with Gasteiger partial charge in [0.25, 0.3) is 5.91 Å². The molecule has 2 heterocycles. The summed E-state index contributed by atoms with van der Waals surface area (Å²) in [4.78, 5) is 30.3. The predicted octanol–water partition coefficient (Wildman–Crippen LogP) is 0.553. The fourth-order valence-corrected chi connectivity index (χ4v) is 2.06. The number of hydroxylamine groups is 2. The Bertz CT molecular complexity index is 274. The number of amides is 2. The van der Waals surface area contributed by atoms with Gasteiger partial charge in [-0.3, -0.25) is 14.4 Å². The van der Waals surface area contributed by atoms with Crippen molar-refractivity contribution in [2.24, 2.45) is 0 Å². The Morgan fingerprint density at radius 3 is 2.69 bits per heavy atom. The van der Waals surface area contributed by atoms with Gasteiger partial charge in [0.05, 0.1) is 6.61 Å². The van der Waals surface area contributed by atoms with Crippen LogP contribution < -0.4 is 0 Å². The summed E-state index contributed by atoms with van der Waals surface area (Å²) in [6.07, 6.45) is 4.52. The van der Waals surface area contributed by atoms with Crippen LogP contribution in [0.3, 0.4) is 0 Å². The van der Waals surface area contributed by atoms with E-state index >= 15 is 0 Å². The maximum Gasteiger partial charge on any atom is 0.265 e. The molecule has 5 nitrogen and oxygen atoms in total. The molecular formula is C11H18N2O3. The predicted molar refractivity (Wildman–Crippen MR) is 57.3 cm³/mol. The molecule has 0 unspecified atom stereocenters. The molecule has 16 heavy (non-hydrogen) atoms. The quantitative estimate of drug-likeness (QED) is 0.691. The van der Waals surface area contributed by atoms with Crippen LogP contribution in [0.25, 0.3) is 0 Å². The van der Waals surface area contributed by atoms with Gasteiger partial charge in [-0.2, -0.15) is 0 Å². The van der Waals surface area contributed by atoms with Gasteiger partial charge >= 0.3 is 0 Å². The summed E-state index contributed by atoms with van der Waals surface area (Å²) in [5, 5.41) is 1.41. The molecule has 0 N–H and O–H groups in total. The molecule has 90 valence electrons. The third kappa shape index (κ3) is 2.72. The fourth-order valence-electron chi connectivity index (χ4n) is 2.06. The molecule has 0 aromatic rings. The van der Waals surface area contributed by atoms with Crippen LogP contribution in [0.2, 0.25) is 0 Å². The summed E-state index contributed by atoms with van der Waals surface area (Å²) in [5.41, 5.74) is 0. The van der Waals surface area contributed by atoms with Gasteiger partial charge in [0.15, 0.2) is 0 Å². The van der Waals surface area contributed by atoms with Crippen molar-refractivity contribution in [3.05, 3.63) is 0 Å². The molecule has 2 aliphatic rings. The fraction of sp³-hybridized carbons (Fsp3) is 0.818. The van der Waals surface area contributed by atoms with E-state index in [1.807, 2.05) is 0 Å². The second-order valence-corrected chi connectivity index (χ2v) is 4.31. The van der Waals surface area contributed by atoms with E-state index in [1.165, 1.54) is 5.06 Å². The number of carbonyl (C=O) groups is 2. The van der Waals surface area contributed by atoms with Crippen molar-refractivity contribution in [3.63, 3.8) is 0 Å². The van der Waals surface area contributed by atoms with Crippen molar-refractivity contribution in [3.8, 4) is 0 Å². The Labute approximate surface area is 95.3 Å². The average Bonchev–Trinajstić information content (AvgIpc) is 2.33. The molecule has 5 heteroatoms. The maximum absolute atomic E-state index is 11.8.